The Bertz CT molecular complexity index is 1310. The third-order valence-electron chi connectivity index (χ3n) is 6.00. The molecule has 0 saturated heterocycles. The largest absolute Gasteiger partial charge is 0.384 e. The van der Waals surface area contributed by atoms with Gasteiger partial charge in [-0.05, 0) is 36.4 Å². The Balaban J connectivity index is 1.68. The van der Waals surface area contributed by atoms with Crippen LogP contribution in [0.1, 0.15) is 29.3 Å². The van der Waals surface area contributed by atoms with Gasteiger partial charge in [-0.15, -0.1) is 0 Å². The summed E-state index contributed by atoms with van der Waals surface area (Å²) in [6, 6.07) is 13.3. The van der Waals surface area contributed by atoms with Crippen LogP contribution in [0.25, 0.3) is 22.2 Å². The number of hydrogen-bond donors (Lipinski definition) is 3. The zero-order chi connectivity index (χ0) is 24.1. The molecule has 0 aliphatic carbocycles. The summed E-state index contributed by atoms with van der Waals surface area (Å²) < 4.78 is -0.290. The minimum atomic E-state index is -0.290. The smallest absolute Gasteiger partial charge is 0.251 e. The van der Waals surface area contributed by atoms with E-state index in [9.17, 15) is 4.79 Å². The number of nitrogen functional groups attached to an aromatic ring is 1. The van der Waals surface area contributed by atoms with Gasteiger partial charge < -0.3 is 16.4 Å². The molecule has 3 heterocycles. The Morgan fingerprint density at radius 3 is 2.68 bits per heavy atom. The van der Waals surface area contributed by atoms with Crippen LogP contribution in [0.5, 0.6) is 0 Å². The lowest BCUT2D eigenvalue weighted by molar-refractivity contribution is 0.0964. The highest BCUT2D eigenvalue weighted by atomic mass is 32.2. The molecule has 4 rings (SSSR count). The van der Waals surface area contributed by atoms with Crippen molar-refractivity contribution in [2.24, 2.45) is 0 Å². The lowest BCUT2D eigenvalue weighted by Gasteiger charge is -2.33. The van der Waals surface area contributed by atoms with Crippen LogP contribution in [-0.2, 0) is 4.75 Å². The molecule has 0 aliphatic rings. The van der Waals surface area contributed by atoms with Crippen molar-refractivity contribution < 1.29 is 4.79 Å². The summed E-state index contributed by atoms with van der Waals surface area (Å²) in [6.07, 6.45) is 7.88. The standard InChI is InChI=1S/C25H27N7OS/c1-4-25(34-3,19-7-5-6-17-18(24(33)27-2)10-11-28-23(17)19)14-30-22-12-20(31-15-32-22)16-8-9-21(26)29-13-16/h5-13,15H,4,14H2,1-3H3,(H2,26,29)(H,27,33)(H,30,31,32). The molecule has 174 valence electrons. The van der Waals surface area contributed by atoms with Gasteiger partial charge >= 0.3 is 0 Å². The fraction of sp³-hybridized carbons (Fsp3) is 0.240. The normalized spacial score (nSPS) is 12.8. The van der Waals surface area contributed by atoms with Crippen LogP contribution in [0.15, 0.2) is 61.2 Å². The van der Waals surface area contributed by atoms with Crippen LogP contribution in [0.2, 0.25) is 0 Å². The monoisotopic (exact) mass is 473 g/mol. The Kier molecular flexibility index (Phi) is 6.93. The molecule has 4 aromatic rings. The van der Waals surface area contributed by atoms with Crippen LogP contribution in [-0.4, -0.2) is 45.7 Å². The Hall–Kier alpha value is -3.72. The van der Waals surface area contributed by atoms with Crippen molar-refractivity contribution in [1.82, 2.24) is 25.3 Å². The molecule has 9 heteroatoms. The zero-order valence-electron chi connectivity index (χ0n) is 19.4. The maximum absolute atomic E-state index is 12.4. The first-order chi connectivity index (χ1) is 16.5. The second kappa shape index (κ2) is 10.0. The molecule has 34 heavy (non-hydrogen) atoms. The number of fused-ring (bicyclic) bond motifs is 1. The number of amides is 1. The number of rotatable bonds is 8. The van der Waals surface area contributed by atoms with Gasteiger partial charge in [-0.2, -0.15) is 11.8 Å². The van der Waals surface area contributed by atoms with E-state index in [1.165, 1.54) is 6.33 Å². The first-order valence-electron chi connectivity index (χ1n) is 10.9. The van der Waals surface area contributed by atoms with Gasteiger partial charge in [0.2, 0.25) is 0 Å². The summed E-state index contributed by atoms with van der Waals surface area (Å²) in [4.78, 5) is 30.0. The van der Waals surface area contributed by atoms with Gasteiger partial charge in [-0.1, -0.05) is 25.1 Å². The van der Waals surface area contributed by atoms with Gasteiger partial charge in [-0.25, -0.2) is 15.0 Å². The number of hydrogen-bond acceptors (Lipinski definition) is 8. The molecule has 1 aromatic carbocycles. The number of nitrogens with zero attached hydrogens (tertiary/aromatic N) is 4. The van der Waals surface area contributed by atoms with E-state index < -0.39 is 0 Å². The molecule has 0 saturated carbocycles. The van der Waals surface area contributed by atoms with Crippen LogP contribution in [0.3, 0.4) is 0 Å². The Labute approximate surface area is 202 Å². The number of nitrogens with one attached hydrogen (secondary N) is 2. The van der Waals surface area contributed by atoms with E-state index in [0.29, 0.717) is 23.7 Å². The third-order valence-corrected chi connectivity index (χ3v) is 7.43. The lowest BCUT2D eigenvalue weighted by Crippen LogP contribution is -2.31. The lowest BCUT2D eigenvalue weighted by atomic mass is 9.91. The highest BCUT2D eigenvalue weighted by Crippen LogP contribution is 2.41. The summed E-state index contributed by atoms with van der Waals surface area (Å²) in [5.41, 5.74) is 9.86. The van der Waals surface area contributed by atoms with Gasteiger partial charge in [0.1, 0.15) is 18.0 Å². The van der Waals surface area contributed by atoms with Crippen LogP contribution < -0.4 is 16.4 Å². The van der Waals surface area contributed by atoms with E-state index in [1.54, 1.807) is 43.3 Å². The highest BCUT2D eigenvalue weighted by molar-refractivity contribution is 7.99. The van der Waals surface area contributed by atoms with E-state index in [0.717, 1.165) is 34.1 Å². The first-order valence-corrected chi connectivity index (χ1v) is 12.2. The number of anilines is 2. The molecule has 8 nitrogen and oxygen atoms in total. The molecule has 0 fully saturated rings. The van der Waals surface area contributed by atoms with Gasteiger partial charge in [-0.3, -0.25) is 9.78 Å². The number of aromatic nitrogens is 4. The molecular weight excluding hydrogens is 446 g/mol. The van der Waals surface area contributed by atoms with Crippen molar-refractivity contribution in [3.8, 4) is 11.3 Å². The first kappa shape index (κ1) is 23.4. The number of para-hydroxylation sites is 1. The summed E-state index contributed by atoms with van der Waals surface area (Å²) in [7, 11) is 1.64. The van der Waals surface area contributed by atoms with Crippen molar-refractivity contribution in [2.75, 3.05) is 30.9 Å². The number of benzene rings is 1. The second-order valence-corrected chi connectivity index (χ2v) is 8.99. The predicted molar refractivity (Wildman–Crippen MR) is 139 cm³/mol. The van der Waals surface area contributed by atoms with E-state index in [4.69, 9.17) is 5.73 Å². The predicted octanol–water partition coefficient (Wildman–Crippen LogP) is 4.11. The average molecular weight is 474 g/mol. The van der Waals surface area contributed by atoms with Gasteiger partial charge in [0.05, 0.1) is 21.5 Å². The Morgan fingerprint density at radius 2 is 1.97 bits per heavy atom. The molecule has 1 unspecified atom stereocenters. The zero-order valence-corrected chi connectivity index (χ0v) is 20.2. The quantitative estimate of drug-likeness (QED) is 0.350. The van der Waals surface area contributed by atoms with Crippen molar-refractivity contribution in [1.29, 1.82) is 0 Å². The molecule has 0 bridgehead atoms. The number of nitrogens with two attached hydrogens (primary N) is 1. The minimum Gasteiger partial charge on any atom is -0.384 e. The van der Waals surface area contributed by atoms with Gasteiger partial charge in [0, 0.05) is 43.0 Å². The van der Waals surface area contributed by atoms with Crippen molar-refractivity contribution in [3.05, 3.63) is 72.3 Å². The molecular formula is C25H27N7OS. The van der Waals surface area contributed by atoms with Gasteiger partial charge in [0.25, 0.3) is 5.91 Å². The van der Waals surface area contributed by atoms with Crippen LogP contribution in [0.4, 0.5) is 11.6 Å². The molecule has 1 amide bonds. The fourth-order valence-corrected chi connectivity index (χ4v) is 4.91. The van der Waals surface area contributed by atoms with Crippen molar-refractivity contribution in [3.63, 3.8) is 0 Å². The number of carbonyl (C=O) groups is 1. The summed E-state index contributed by atoms with van der Waals surface area (Å²) in [5, 5.41) is 7.05. The van der Waals surface area contributed by atoms with Gasteiger partial charge in [0.15, 0.2) is 0 Å². The third kappa shape index (κ3) is 4.51. The maximum Gasteiger partial charge on any atom is 0.251 e. The fourth-order valence-electron chi connectivity index (χ4n) is 4.02. The van der Waals surface area contributed by atoms with E-state index in [-0.39, 0.29) is 10.7 Å². The van der Waals surface area contributed by atoms with Crippen LogP contribution in [0, 0.1) is 0 Å². The summed E-state index contributed by atoms with van der Waals surface area (Å²) >= 11 is 1.76. The SMILES string of the molecule is CCC(CNc1cc(-c2ccc(N)nc2)ncn1)(SC)c1cccc2c(C(=O)NC)ccnc12. The number of pyridine rings is 2. The van der Waals surface area contributed by atoms with E-state index in [2.05, 4.69) is 49.8 Å². The molecule has 1 atom stereocenters. The maximum atomic E-state index is 12.4. The summed E-state index contributed by atoms with van der Waals surface area (Å²) in [6.45, 7) is 2.77. The molecule has 0 spiro atoms. The summed E-state index contributed by atoms with van der Waals surface area (Å²) in [5.74, 6) is 1.06. The van der Waals surface area contributed by atoms with Crippen LogP contribution >= 0.6 is 11.8 Å². The topological polar surface area (TPSA) is 119 Å². The van der Waals surface area contributed by atoms with Crippen molar-refractivity contribution in [2.45, 2.75) is 18.1 Å². The second-order valence-electron chi connectivity index (χ2n) is 7.81. The van der Waals surface area contributed by atoms with E-state index >= 15 is 0 Å². The van der Waals surface area contributed by atoms with Crippen molar-refractivity contribution >= 4 is 40.2 Å². The molecule has 4 N–H and O–H groups in total. The van der Waals surface area contributed by atoms with E-state index in [1.807, 2.05) is 24.3 Å². The molecule has 0 radical (unpaired) electrons. The number of carbonyl (C=O) groups excluding carboxylic acids is 1. The molecule has 3 aromatic heterocycles. The molecule has 0 aliphatic heterocycles. The highest BCUT2D eigenvalue weighted by Gasteiger charge is 2.32. The Morgan fingerprint density at radius 1 is 1.12 bits per heavy atom. The minimum absolute atomic E-state index is 0.125. The number of thioether (sulfide) groups is 1. The average Bonchev–Trinajstić information content (AvgIpc) is 2.89.